The van der Waals surface area contributed by atoms with Crippen molar-refractivity contribution >= 4 is 0 Å². The van der Waals surface area contributed by atoms with Crippen LogP contribution in [0.25, 0.3) is 0 Å². The molecule has 0 amide bonds. The largest absolute Gasteiger partial charge is 0.372 e. The first kappa shape index (κ1) is 11.6. The molecule has 4 heteroatoms. The quantitative estimate of drug-likeness (QED) is 0.845. The van der Waals surface area contributed by atoms with E-state index in [1.807, 2.05) is 12.5 Å². The molecule has 0 bridgehead atoms. The fourth-order valence-corrected chi connectivity index (χ4v) is 2.34. The summed E-state index contributed by atoms with van der Waals surface area (Å²) in [6, 6.07) is 0.587. The fraction of sp³-hybridized carbons (Fsp3) is 0.750. The molecule has 0 spiro atoms. The summed E-state index contributed by atoms with van der Waals surface area (Å²) in [6.07, 6.45) is 6.20. The maximum atomic E-state index is 5.84. The van der Waals surface area contributed by atoms with Crippen LogP contribution in [0.2, 0.25) is 0 Å². The van der Waals surface area contributed by atoms with E-state index in [4.69, 9.17) is 4.74 Å². The monoisotopic (exact) mass is 223 g/mol. The molecule has 2 rings (SSSR count). The first-order valence-corrected chi connectivity index (χ1v) is 6.20. The molecule has 0 radical (unpaired) electrons. The minimum Gasteiger partial charge on any atom is -0.372 e. The molecule has 0 aromatic carbocycles. The Morgan fingerprint density at radius 2 is 2.44 bits per heavy atom. The Balaban J connectivity index is 2.03. The molecule has 1 saturated heterocycles. The van der Waals surface area contributed by atoms with Gasteiger partial charge < -0.3 is 14.6 Å². The second kappa shape index (κ2) is 5.46. The number of ether oxygens (including phenoxy) is 1. The summed E-state index contributed by atoms with van der Waals surface area (Å²) < 4.78 is 8.01. The molecule has 1 N–H and O–H groups in total. The van der Waals surface area contributed by atoms with Gasteiger partial charge in [-0.15, -0.1) is 0 Å². The van der Waals surface area contributed by atoms with E-state index in [1.54, 1.807) is 0 Å². The van der Waals surface area contributed by atoms with Crippen molar-refractivity contribution in [3.05, 3.63) is 18.2 Å². The van der Waals surface area contributed by atoms with Crippen LogP contribution in [0, 0.1) is 0 Å². The van der Waals surface area contributed by atoms with Crippen molar-refractivity contribution in [1.29, 1.82) is 0 Å². The van der Waals surface area contributed by atoms with Gasteiger partial charge in [0.05, 0.1) is 18.2 Å². The summed E-state index contributed by atoms with van der Waals surface area (Å²) in [5, 5.41) is 3.50. The van der Waals surface area contributed by atoms with E-state index in [-0.39, 0.29) is 6.10 Å². The first-order chi connectivity index (χ1) is 7.85. The molecule has 16 heavy (non-hydrogen) atoms. The Morgan fingerprint density at radius 3 is 3.19 bits per heavy atom. The zero-order chi connectivity index (χ0) is 11.4. The van der Waals surface area contributed by atoms with Crippen molar-refractivity contribution in [2.75, 3.05) is 13.2 Å². The average molecular weight is 223 g/mol. The number of nitrogens with one attached hydrogen (secondary N) is 1. The van der Waals surface area contributed by atoms with Gasteiger partial charge >= 0.3 is 0 Å². The van der Waals surface area contributed by atoms with Crippen LogP contribution in [-0.2, 0) is 11.3 Å². The van der Waals surface area contributed by atoms with E-state index in [0.29, 0.717) is 6.04 Å². The van der Waals surface area contributed by atoms with Crippen LogP contribution in [-0.4, -0.2) is 28.7 Å². The van der Waals surface area contributed by atoms with Gasteiger partial charge in [-0.2, -0.15) is 0 Å². The van der Waals surface area contributed by atoms with Crippen LogP contribution < -0.4 is 5.32 Å². The minimum atomic E-state index is 0.209. The van der Waals surface area contributed by atoms with Gasteiger partial charge in [-0.05, 0) is 26.3 Å². The lowest BCUT2D eigenvalue weighted by Gasteiger charge is -2.30. The third-order valence-electron chi connectivity index (χ3n) is 3.19. The third-order valence-corrected chi connectivity index (χ3v) is 3.19. The van der Waals surface area contributed by atoms with Crippen molar-refractivity contribution in [1.82, 2.24) is 14.9 Å². The summed E-state index contributed by atoms with van der Waals surface area (Å²) in [5.41, 5.74) is 1.21. The standard InChI is InChI=1S/C12H21N3O/c1-3-14-10-5-6-16-12(7-10)11-8-13-9-15(11)4-2/h8-10,12,14H,3-7H2,1-2H3. The lowest BCUT2D eigenvalue weighted by molar-refractivity contribution is -0.00380. The number of imidazole rings is 1. The smallest absolute Gasteiger partial charge is 0.100 e. The highest BCUT2D eigenvalue weighted by molar-refractivity contribution is 5.05. The van der Waals surface area contributed by atoms with E-state index in [2.05, 4.69) is 28.7 Å². The van der Waals surface area contributed by atoms with E-state index in [0.717, 1.165) is 32.5 Å². The van der Waals surface area contributed by atoms with Gasteiger partial charge in [0.1, 0.15) is 6.10 Å². The highest BCUT2D eigenvalue weighted by Crippen LogP contribution is 2.27. The Bertz CT molecular complexity index is 322. The highest BCUT2D eigenvalue weighted by atomic mass is 16.5. The first-order valence-electron chi connectivity index (χ1n) is 6.20. The predicted octanol–water partition coefficient (Wildman–Crippen LogP) is 1.73. The van der Waals surface area contributed by atoms with E-state index < -0.39 is 0 Å². The summed E-state index contributed by atoms with van der Waals surface area (Å²) in [7, 11) is 0. The van der Waals surface area contributed by atoms with Crippen LogP contribution in [0.5, 0.6) is 0 Å². The van der Waals surface area contributed by atoms with E-state index >= 15 is 0 Å². The topological polar surface area (TPSA) is 39.1 Å². The maximum absolute atomic E-state index is 5.84. The Morgan fingerprint density at radius 1 is 1.56 bits per heavy atom. The molecule has 1 aliphatic rings. The number of nitrogens with zero attached hydrogens (tertiary/aromatic N) is 2. The van der Waals surface area contributed by atoms with Crippen molar-refractivity contribution in [2.45, 2.75) is 45.4 Å². The van der Waals surface area contributed by atoms with Crippen LogP contribution in [0.1, 0.15) is 38.5 Å². The van der Waals surface area contributed by atoms with Gasteiger partial charge in [0.2, 0.25) is 0 Å². The Kier molecular flexibility index (Phi) is 3.96. The second-order valence-corrected chi connectivity index (χ2v) is 4.24. The van der Waals surface area contributed by atoms with Crippen molar-refractivity contribution in [2.24, 2.45) is 0 Å². The third kappa shape index (κ3) is 2.44. The number of hydrogen-bond donors (Lipinski definition) is 1. The van der Waals surface area contributed by atoms with Crippen LogP contribution >= 0.6 is 0 Å². The number of aromatic nitrogens is 2. The normalized spacial score (nSPS) is 25.9. The summed E-state index contributed by atoms with van der Waals surface area (Å²) in [6.45, 7) is 7.12. The number of rotatable bonds is 4. The molecular formula is C12H21N3O. The summed E-state index contributed by atoms with van der Waals surface area (Å²) in [4.78, 5) is 4.20. The molecular weight excluding hydrogens is 202 g/mol. The second-order valence-electron chi connectivity index (χ2n) is 4.24. The molecule has 0 saturated carbocycles. The van der Waals surface area contributed by atoms with Gasteiger partial charge in [0.25, 0.3) is 0 Å². The fourth-order valence-electron chi connectivity index (χ4n) is 2.34. The van der Waals surface area contributed by atoms with Gasteiger partial charge in [0, 0.05) is 19.2 Å². The molecule has 2 heterocycles. The summed E-state index contributed by atoms with van der Waals surface area (Å²) >= 11 is 0. The maximum Gasteiger partial charge on any atom is 0.100 e. The molecule has 4 nitrogen and oxygen atoms in total. The molecule has 1 aromatic rings. The lowest BCUT2D eigenvalue weighted by atomic mass is 10.0. The van der Waals surface area contributed by atoms with Gasteiger partial charge in [-0.3, -0.25) is 0 Å². The van der Waals surface area contributed by atoms with Gasteiger partial charge in [-0.25, -0.2) is 4.98 Å². The zero-order valence-electron chi connectivity index (χ0n) is 10.1. The van der Waals surface area contributed by atoms with Crippen molar-refractivity contribution in [3.63, 3.8) is 0 Å². The molecule has 1 fully saturated rings. The summed E-state index contributed by atoms with van der Waals surface area (Å²) in [5.74, 6) is 0. The van der Waals surface area contributed by atoms with Crippen molar-refractivity contribution in [3.8, 4) is 0 Å². The van der Waals surface area contributed by atoms with Gasteiger partial charge in [-0.1, -0.05) is 6.92 Å². The van der Waals surface area contributed by atoms with Crippen LogP contribution in [0.15, 0.2) is 12.5 Å². The van der Waals surface area contributed by atoms with Crippen LogP contribution in [0.4, 0.5) is 0 Å². The van der Waals surface area contributed by atoms with E-state index in [1.165, 1.54) is 5.69 Å². The van der Waals surface area contributed by atoms with Gasteiger partial charge in [0.15, 0.2) is 0 Å². The van der Waals surface area contributed by atoms with Crippen molar-refractivity contribution < 1.29 is 4.74 Å². The Labute approximate surface area is 97.0 Å². The molecule has 0 aliphatic carbocycles. The molecule has 1 aromatic heterocycles. The molecule has 2 unspecified atom stereocenters. The highest BCUT2D eigenvalue weighted by Gasteiger charge is 2.25. The zero-order valence-corrected chi connectivity index (χ0v) is 10.1. The van der Waals surface area contributed by atoms with E-state index in [9.17, 15) is 0 Å². The van der Waals surface area contributed by atoms with Crippen LogP contribution in [0.3, 0.4) is 0 Å². The molecule has 1 aliphatic heterocycles. The SMILES string of the molecule is CCNC1CCOC(c2cncn2CC)C1. The molecule has 90 valence electrons. The Hall–Kier alpha value is -0.870. The number of hydrogen-bond acceptors (Lipinski definition) is 3. The minimum absolute atomic E-state index is 0.209. The predicted molar refractivity (Wildman–Crippen MR) is 63.3 cm³/mol. The lowest BCUT2D eigenvalue weighted by Crippen LogP contribution is -2.36. The average Bonchev–Trinajstić information content (AvgIpc) is 2.78. The number of aryl methyl sites for hydroxylation is 1. The molecule has 2 atom stereocenters.